The van der Waals surface area contributed by atoms with Crippen molar-refractivity contribution in [1.82, 2.24) is 14.8 Å². The van der Waals surface area contributed by atoms with E-state index in [9.17, 15) is 0 Å². The standard InChI is InChI=1S/C16H26N4/c1-14-5-11-6-15(2,8-14)10-16(7-11,9-14)12-18-19-13(17-3)20(12)4/h11H,5-10H2,1-4H3,(H,17,19). The van der Waals surface area contributed by atoms with E-state index in [1.165, 1.54) is 44.3 Å². The average Bonchev–Trinajstić information content (AvgIpc) is 2.66. The first-order valence-corrected chi connectivity index (χ1v) is 7.95. The second-order valence-corrected chi connectivity index (χ2v) is 8.57. The highest BCUT2D eigenvalue weighted by atomic mass is 15.3. The van der Waals surface area contributed by atoms with Gasteiger partial charge in [-0.2, -0.15) is 0 Å². The minimum absolute atomic E-state index is 0.278. The Bertz CT molecular complexity index is 543. The van der Waals surface area contributed by atoms with Gasteiger partial charge < -0.3 is 9.88 Å². The molecule has 0 radical (unpaired) electrons. The lowest BCUT2D eigenvalue weighted by Crippen LogP contribution is -2.57. The summed E-state index contributed by atoms with van der Waals surface area (Å²) >= 11 is 0. The van der Waals surface area contributed by atoms with E-state index in [1.807, 2.05) is 7.05 Å². The van der Waals surface area contributed by atoms with E-state index in [0.717, 1.165) is 11.9 Å². The van der Waals surface area contributed by atoms with E-state index in [0.29, 0.717) is 10.8 Å². The van der Waals surface area contributed by atoms with Crippen LogP contribution < -0.4 is 5.32 Å². The molecule has 4 heteroatoms. The Kier molecular flexibility index (Phi) is 2.26. The van der Waals surface area contributed by atoms with E-state index in [4.69, 9.17) is 0 Å². The number of anilines is 1. The van der Waals surface area contributed by atoms with Gasteiger partial charge in [0.15, 0.2) is 0 Å². The molecule has 0 spiro atoms. The minimum atomic E-state index is 0.278. The Morgan fingerprint density at radius 1 is 1.05 bits per heavy atom. The van der Waals surface area contributed by atoms with E-state index < -0.39 is 0 Å². The lowest BCUT2D eigenvalue weighted by Gasteiger charge is -2.64. The molecule has 0 amide bonds. The van der Waals surface area contributed by atoms with Gasteiger partial charge in [-0.15, -0.1) is 10.2 Å². The number of hydrogen-bond acceptors (Lipinski definition) is 3. The summed E-state index contributed by atoms with van der Waals surface area (Å²) in [5.41, 5.74) is 1.33. The maximum Gasteiger partial charge on any atom is 0.224 e. The number of rotatable bonds is 2. The molecule has 5 rings (SSSR count). The zero-order chi connectivity index (χ0) is 14.2. The number of hydrogen-bond donors (Lipinski definition) is 1. The van der Waals surface area contributed by atoms with Crippen molar-refractivity contribution in [3.8, 4) is 0 Å². The SMILES string of the molecule is CNc1nnc(C23CC4CC(C)(CC(C)(C4)C2)C3)n1C. The van der Waals surface area contributed by atoms with E-state index in [-0.39, 0.29) is 5.41 Å². The molecule has 4 nitrogen and oxygen atoms in total. The van der Waals surface area contributed by atoms with Crippen molar-refractivity contribution < 1.29 is 0 Å². The molecular formula is C16H26N4. The van der Waals surface area contributed by atoms with Gasteiger partial charge in [0.05, 0.1) is 0 Å². The first-order valence-electron chi connectivity index (χ1n) is 7.95. The molecule has 0 saturated heterocycles. The van der Waals surface area contributed by atoms with Crippen molar-refractivity contribution >= 4 is 5.95 Å². The zero-order valence-corrected chi connectivity index (χ0v) is 13.2. The van der Waals surface area contributed by atoms with Crippen molar-refractivity contribution in [2.75, 3.05) is 12.4 Å². The Balaban J connectivity index is 1.82. The summed E-state index contributed by atoms with van der Waals surface area (Å²) in [5, 5.41) is 12.1. The number of nitrogens with zero attached hydrogens (tertiary/aromatic N) is 3. The van der Waals surface area contributed by atoms with E-state index in [2.05, 4.69) is 41.0 Å². The molecule has 0 aliphatic heterocycles. The highest BCUT2D eigenvalue weighted by molar-refractivity contribution is 5.30. The molecule has 4 aliphatic carbocycles. The molecular weight excluding hydrogens is 248 g/mol. The molecule has 1 aromatic heterocycles. The van der Waals surface area contributed by atoms with Crippen LogP contribution in [0.3, 0.4) is 0 Å². The van der Waals surface area contributed by atoms with Crippen molar-refractivity contribution in [3.63, 3.8) is 0 Å². The van der Waals surface area contributed by atoms with Crippen LogP contribution >= 0.6 is 0 Å². The van der Waals surface area contributed by atoms with Crippen LogP contribution in [0.25, 0.3) is 0 Å². The lowest BCUT2D eigenvalue weighted by atomic mass is 9.40. The maximum atomic E-state index is 4.59. The highest BCUT2D eigenvalue weighted by Crippen LogP contribution is 2.69. The summed E-state index contributed by atoms with van der Waals surface area (Å²) in [4.78, 5) is 0. The summed E-state index contributed by atoms with van der Waals surface area (Å²) in [6.07, 6.45) is 8.22. The number of nitrogens with one attached hydrogen (secondary N) is 1. The Labute approximate surface area is 121 Å². The molecule has 110 valence electrons. The third kappa shape index (κ3) is 1.54. The number of aromatic nitrogens is 3. The second kappa shape index (κ2) is 3.58. The third-order valence-electron chi connectivity index (χ3n) is 6.20. The molecule has 1 heterocycles. The summed E-state index contributed by atoms with van der Waals surface area (Å²) < 4.78 is 2.19. The van der Waals surface area contributed by atoms with E-state index in [1.54, 1.807) is 0 Å². The molecule has 20 heavy (non-hydrogen) atoms. The largest absolute Gasteiger partial charge is 0.357 e. The van der Waals surface area contributed by atoms with Gasteiger partial charge in [0.2, 0.25) is 5.95 Å². The zero-order valence-electron chi connectivity index (χ0n) is 13.2. The van der Waals surface area contributed by atoms with Gasteiger partial charge >= 0.3 is 0 Å². The molecule has 4 aliphatic rings. The average molecular weight is 274 g/mol. The van der Waals surface area contributed by atoms with E-state index >= 15 is 0 Å². The Hall–Kier alpha value is -1.06. The molecule has 4 bridgehead atoms. The Morgan fingerprint density at radius 2 is 1.70 bits per heavy atom. The topological polar surface area (TPSA) is 42.7 Å². The maximum absolute atomic E-state index is 4.59. The van der Waals surface area contributed by atoms with Gasteiger partial charge in [0.25, 0.3) is 0 Å². The lowest BCUT2D eigenvalue weighted by molar-refractivity contribution is -0.113. The van der Waals surface area contributed by atoms with Crippen molar-refractivity contribution in [2.24, 2.45) is 23.8 Å². The van der Waals surface area contributed by atoms with Crippen LogP contribution in [0.2, 0.25) is 0 Å². The van der Waals surface area contributed by atoms with Crippen LogP contribution in [0.4, 0.5) is 5.95 Å². The van der Waals surface area contributed by atoms with Crippen LogP contribution in [0.1, 0.15) is 58.2 Å². The fraction of sp³-hybridized carbons (Fsp3) is 0.875. The van der Waals surface area contributed by atoms with Crippen molar-refractivity contribution in [1.29, 1.82) is 0 Å². The summed E-state index contributed by atoms with van der Waals surface area (Å²) in [5.74, 6) is 3.02. The predicted molar refractivity (Wildman–Crippen MR) is 79.6 cm³/mol. The van der Waals surface area contributed by atoms with Gasteiger partial charge in [-0.05, 0) is 55.3 Å². The van der Waals surface area contributed by atoms with Crippen LogP contribution in [0, 0.1) is 16.7 Å². The normalized spacial score (nSPS) is 45.9. The first-order chi connectivity index (χ1) is 9.37. The van der Waals surface area contributed by atoms with Gasteiger partial charge in [0.1, 0.15) is 5.82 Å². The van der Waals surface area contributed by atoms with Crippen LogP contribution in [0.15, 0.2) is 0 Å². The fourth-order valence-corrected chi connectivity index (χ4v) is 6.71. The molecule has 4 fully saturated rings. The van der Waals surface area contributed by atoms with Crippen LogP contribution in [-0.2, 0) is 12.5 Å². The Morgan fingerprint density at radius 3 is 2.20 bits per heavy atom. The van der Waals surface area contributed by atoms with Crippen LogP contribution in [0.5, 0.6) is 0 Å². The second-order valence-electron chi connectivity index (χ2n) is 8.57. The molecule has 1 N–H and O–H groups in total. The first kappa shape index (κ1) is 12.7. The molecule has 0 aromatic carbocycles. The molecule has 4 saturated carbocycles. The van der Waals surface area contributed by atoms with Gasteiger partial charge in [-0.25, -0.2) is 0 Å². The third-order valence-corrected chi connectivity index (χ3v) is 6.20. The van der Waals surface area contributed by atoms with Crippen LogP contribution in [-0.4, -0.2) is 21.8 Å². The monoisotopic (exact) mass is 274 g/mol. The molecule has 1 aromatic rings. The van der Waals surface area contributed by atoms with Crippen molar-refractivity contribution in [3.05, 3.63) is 5.82 Å². The molecule has 2 unspecified atom stereocenters. The smallest absolute Gasteiger partial charge is 0.224 e. The van der Waals surface area contributed by atoms with Gasteiger partial charge in [0, 0.05) is 19.5 Å². The predicted octanol–water partition coefficient (Wildman–Crippen LogP) is 3.10. The van der Waals surface area contributed by atoms with Gasteiger partial charge in [-0.1, -0.05) is 13.8 Å². The minimum Gasteiger partial charge on any atom is -0.357 e. The fourth-order valence-electron chi connectivity index (χ4n) is 6.71. The summed E-state index contributed by atoms with van der Waals surface area (Å²) in [6, 6.07) is 0. The highest BCUT2D eigenvalue weighted by Gasteiger charge is 2.62. The molecule has 2 atom stereocenters. The van der Waals surface area contributed by atoms with Crippen molar-refractivity contribution in [2.45, 2.75) is 57.8 Å². The summed E-state index contributed by atoms with van der Waals surface area (Å²) in [6.45, 7) is 5.03. The van der Waals surface area contributed by atoms with Gasteiger partial charge in [-0.3, -0.25) is 0 Å². The summed E-state index contributed by atoms with van der Waals surface area (Å²) in [7, 11) is 4.04. The quantitative estimate of drug-likeness (QED) is 0.901.